The van der Waals surface area contributed by atoms with Crippen molar-refractivity contribution in [2.24, 2.45) is 0 Å². The molecule has 0 aromatic heterocycles. The van der Waals surface area contributed by atoms with E-state index in [1.807, 2.05) is 43.3 Å². The SMILES string of the molecule is CCOc1cc(/C=C(/C#N)C(=O)Nc2cccc(Br)c2)cc(Cl)c1OCc1ccc(I)cc1. The molecule has 0 aliphatic heterocycles. The van der Waals surface area contributed by atoms with Crippen LogP contribution in [0.1, 0.15) is 18.1 Å². The number of hydrogen-bond acceptors (Lipinski definition) is 4. The molecular weight excluding hydrogens is 619 g/mol. The van der Waals surface area contributed by atoms with Crippen LogP contribution < -0.4 is 14.8 Å². The van der Waals surface area contributed by atoms with E-state index < -0.39 is 5.91 Å². The Morgan fingerprint density at radius 1 is 1.18 bits per heavy atom. The predicted octanol–water partition coefficient (Wildman–Crippen LogP) is 7.23. The highest BCUT2D eigenvalue weighted by atomic mass is 127. The van der Waals surface area contributed by atoms with Crippen LogP contribution >= 0.6 is 50.1 Å². The molecule has 0 spiro atoms. The van der Waals surface area contributed by atoms with E-state index in [1.54, 1.807) is 30.3 Å². The maximum absolute atomic E-state index is 12.6. The smallest absolute Gasteiger partial charge is 0.266 e. The summed E-state index contributed by atoms with van der Waals surface area (Å²) in [5.74, 6) is 0.321. The molecule has 0 radical (unpaired) electrons. The first-order valence-corrected chi connectivity index (χ1v) is 12.2. The molecule has 3 rings (SSSR count). The summed E-state index contributed by atoms with van der Waals surface area (Å²) in [4.78, 5) is 12.6. The van der Waals surface area contributed by atoms with E-state index in [0.29, 0.717) is 41.0 Å². The summed E-state index contributed by atoms with van der Waals surface area (Å²) in [6, 6.07) is 20.4. The zero-order valence-electron chi connectivity index (χ0n) is 17.6. The van der Waals surface area contributed by atoms with Crippen LogP contribution in [-0.4, -0.2) is 12.5 Å². The normalized spacial score (nSPS) is 10.9. The molecule has 5 nitrogen and oxygen atoms in total. The Kier molecular flexibility index (Phi) is 9.18. The average Bonchev–Trinajstić information content (AvgIpc) is 2.78. The standard InChI is InChI=1S/C25H19BrClIN2O3/c1-2-32-23-12-17(10-18(14-29)25(31)30-21-5-3-4-19(26)13-21)11-22(27)24(23)33-15-16-6-8-20(28)9-7-16/h3-13H,2,15H2,1H3,(H,30,31)/b18-10-. The zero-order chi connectivity index (χ0) is 23.8. The molecule has 1 amide bonds. The number of hydrogen-bond donors (Lipinski definition) is 1. The molecule has 0 fully saturated rings. The number of amides is 1. The van der Waals surface area contributed by atoms with Crippen LogP contribution in [0.4, 0.5) is 5.69 Å². The van der Waals surface area contributed by atoms with E-state index in [4.69, 9.17) is 21.1 Å². The molecule has 3 aromatic carbocycles. The molecule has 1 N–H and O–H groups in total. The van der Waals surface area contributed by atoms with E-state index >= 15 is 0 Å². The van der Waals surface area contributed by atoms with Gasteiger partial charge in [0.15, 0.2) is 11.5 Å². The van der Waals surface area contributed by atoms with Crippen LogP contribution in [0.25, 0.3) is 6.08 Å². The summed E-state index contributed by atoms with van der Waals surface area (Å²) in [6.07, 6.45) is 1.46. The van der Waals surface area contributed by atoms with Gasteiger partial charge in [0.05, 0.1) is 11.6 Å². The molecule has 0 aliphatic carbocycles. The first-order valence-electron chi connectivity index (χ1n) is 9.92. The number of nitriles is 1. The van der Waals surface area contributed by atoms with Gasteiger partial charge in [-0.2, -0.15) is 5.26 Å². The zero-order valence-corrected chi connectivity index (χ0v) is 22.1. The van der Waals surface area contributed by atoms with Crippen molar-refractivity contribution in [3.8, 4) is 17.6 Å². The molecule has 0 bridgehead atoms. The van der Waals surface area contributed by atoms with Crippen molar-refractivity contribution in [3.05, 3.63) is 90.4 Å². The maximum atomic E-state index is 12.6. The van der Waals surface area contributed by atoms with Crippen LogP contribution in [-0.2, 0) is 11.4 Å². The number of anilines is 1. The number of benzene rings is 3. The highest BCUT2D eigenvalue weighted by Crippen LogP contribution is 2.38. The number of carbonyl (C=O) groups is 1. The second kappa shape index (κ2) is 12.1. The van der Waals surface area contributed by atoms with Crippen LogP contribution in [0.2, 0.25) is 5.02 Å². The molecular formula is C25H19BrClIN2O3. The maximum Gasteiger partial charge on any atom is 0.266 e. The lowest BCUT2D eigenvalue weighted by molar-refractivity contribution is -0.112. The Hall–Kier alpha value is -2.54. The minimum Gasteiger partial charge on any atom is -0.490 e. The van der Waals surface area contributed by atoms with E-state index in [9.17, 15) is 10.1 Å². The summed E-state index contributed by atoms with van der Waals surface area (Å²) in [6.45, 7) is 2.58. The van der Waals surface area contributed by atoms with Crippen LogP contribution in [0.5, 0.6) is 11.5 Å². The van der Waals surface area contributed by atoms with E-state index in [2.05, 4.69) is 43.8 Å². The third kappa shape index (κ3) is 7.22. The van der Waals surface area contributed by atoms with Gasteiger partial charge in [0.2, 0.25) is 0 Å². The van der Waals surface area contributed by atoms with Gasteiger partial charge in [0, 0.05) is 13.7 Å². The summed E-state index contributed by atoms with van der Waals surface area (Å²) in [5.41, 5.74) is 2.05. The predicted molar refractivity (Wildman–Crippen MR) is 142 cm³/mol. The second-order valence-corrected chi connectivity index (χ2v) is 9.38. The number of nitrogens with one attached hydrogen (secondary N) is 1. The van der Waals surface area contributed by atoms with Crippen molar-refractivity contribution in [1.29, 1.82) is 5.26 Å². The summed E-state index contributed by atoms with van der Waals surface area (Å²) >= 11 is 12.1. The Bertz CT molecular complexity index is 1220. The minimum absolute atomic E-state index is 0.0685. The average molecular weight is 638 g/mol. The lowest BCUT2D eigenvalue weighted by Gasteiger charge is -2.15. The van der Waals surface area contributed by atoms with Crippen molar-refractivity contribution in [3.63, 3.8) is 0 Å². The van der Waals surface area contributed by atoms with Gasteiger partial charge < -0.3 is 14.8 Å². The number of rotatable bonds is 8. The number of ether oxygens (including phenoxy) is 2. The third-order valence-electron chi connectivity index (χ3n) is 4.39. The number of nitrogens with zero attached hydrogens (tertiary/aromatic N) is 1. The first-order chi connectivity index (χ1) is 15.9. The molecule has 168 valence electrons. The molecule has 8 heteroatoms. The fraction of sp³-hybridized carbons (Fsp3) is 0.120. The van der Waals surface area contributed by atoms with Crippen molar-refractivity contribution < 1.29 is 14.3 Å². The molecule has 0 saturated carbocycles. The fourth-order valence-corrected chi connectivity index (χ4v) is 3.92. The topological polar surface area (TPSA) is 71.3 Å². The van der Waals surface area contributed by atoms with Crippen LogP contribution in [0, 0.1) is 14.9 Å². The molecule has 0 saturated heterocycles. The monoisotopic (exact) mass is 636 g/mol. The van der Waals surface area contributed by atoms with Gasteiger partial charge in [-0.05, 0) is 89.2 Å². The Balaban J connectivity index is 1.84. The van der Waals surface area contributed by atoms with E-state index in [-0.39, 0.29) is 5.57 Å². The molecule has 0 aliphatic rings. The second-order valence-electron chi connectivity index (χ2n) is 6.81. The van der Waals surface area contributed by atoms with Crippen molar-refractivity contribution in [2.75, 3.05) is 11.9 Å². The highest BCUT2D eigenvalue weighted by molar-refractivity contribution is 14.1. The first kappa shape index (κ1) is 25.1. The largest absolute Gasteiger partial charge is 0.490 e. The molecule has 3 aromatic rings. The Morgan fingerprint density at radius 2 is 1.94 bits per heavy atom. The van der Waals surface area contributed by atoms with Crippen LogP contribution in [0.3, 0.4) is 0 Å². The summed E-state index contributed by atoms with van der Waals surface area (Å²) < 4.78 is 13.6. The van der Waals surface area contributed by atoms with Crippen molar-refractivity contribution in [2.45, 2.75) is 13.5 Å². The van der Waals surface area contributed by atoms with Gasteiger partial charge in [-0.1, -0.05) is 45.7 Å². The van der Waals surface area contributed by atoms with Gasteiger partial charge in [0.25, 0.3) is 5.91 Å². The molecule has 0 heterocycles. The lowest BCUT2D eigenvalue weighted by atomic mass is 10.1. The number of carbonyl (C=O) groups excluding carboxylic acids is 1. The van der Waals surface area contributed by atoms with Gasteiger partial charge in [-0.25, -0.2) is 0 Å². The van der Waals surface area contributed by atoms with Crippen LogP contribution in [0.15, 0.2) is 70.7 Å². The van der Waals surface area contributed by atoms with Gasteiger partial charge in [0.1, 0.15) is 18.2 Å². The quantitative estimate of drug-likeness (QED) is 0.161. The van der Waals surface area contributed by atoms with E-state index in [1.165, 1.54) is 6.08 Å². The fourth-order valence-electron chi connectivity index (χ4n) is 2.89. The summed E-state index contributed by atoms with van der Waals surface area (Å²) in [7, 11) is 0. The van der Waals surface area contributed by atoms with E-state index in [0.717, 1.165) is 13.6 Å². The van der Waals surface area contributed by atoms with Gasteiger partial charge >= 0.3 is 0 Å². The Labute approximate surface area is 219 Å². The minimum atomic E-state index is -0.524. The lowest BCUT2D eigenvalue weighted by Crippen LogP contribution is -2.13. The highest BCUT2D eigenvalue weighted by Gasteiger charge is 2.15. The summed E-state index contributed by atoms with van der Waals surface area (Å²) in [5, 5.41) is 12.6. The van der Waals surface area contributed by atoms with Gasteiger partial charge in [-0.15, -0.1) is 0 Å². The molecule has 33 heavy (non-hydrogen) atoms. The van der Waals surface area contributed by atoms with Gasteiger partial charge in [-0.3, -0.25) is 4.79 Å². The molecule has 0 unspecified atom stereocenters. The van der Waals surface area contributed by atoms with Crippen molar-refractivity contribution in [1.82, 2.24) is 0 Å². The molecule has 0 atom stereocenters. The number of halogens is 3. The third-order valence-corrected chi connectivity index (χ3v) is 5.88. The Morgan fingerprint density at radius 3 is 2.61 bits per heavy atom. The van der Waals surface area contributed by atoms with Crippen molar-refractivity contribution >= 4 is 67.8 Å².